The van der Waals surface area contributed by atoms with Gasteiger partial charge in [0.05, 0.1) is 42.3 Å². The second-order valence-corrected chi connectivity index (χ2v) is 18.1. The fourth-order valence-corrected chi connectivity index (χ4v) is 11.1. The lowest BCUT2D eigenvalue weighted by Gasteiger charge is -2.31. The molecule has 13 heteroatoms. The minimum atomic E-state index is -3.59. The van der Waals surface area contributed by atoms with Gasteiger partial charge in [0.2, 0.25) is 20.2 Å². The van der Waals surface area contributed by atoms with E-state index in [0.717, 1.165) is 43.4 Å². The summed E-state index contributed by atoms with van der Waals surface area (Å²) in [6.45, 7) is 5.90. The maximum atomic E-state index is 16.3. The number of halogens is 1. The Hall–Kier alpha value is -3.68. The van der Waals surface area contributed by atoms with Crippen molar-refractivity contribution in [1.29, 1.82) is 0 Å². The largest absolute Gasteiger partial charge is 0.394 e. The molecule has 0 saturated carbocycles. The van der Waals surface area contributed by atoms with Gasteiger partial charge in [0.15, 0.2) is 5.60 Å². The highest BCUT2D eigenvalue weighted by molar-refractivity contribution is 6.72. The monoisotopic (exact) mass is 680 g/mol. The number of aliphatic hydroxyl groups is 1. The van der Waals surface area contributed by atoms with E-state index < -0.39 is 42.4 Å². The molecule has 4 aliphatic rings. The predicted molar refractivity (Wildman–Crippen MR) is 181 cm³/mol. The Bertz CT molecular complexity index is 1600. The third-order valence-corrected chi connectivity index (χ3v) is 13.3. The highest BCUT2D eigenvalue weighted by Crippen LogP contribution is 2.60. The molecule has 48 heavy (non-hydrogen) atoms. The first-order chi connectivity index (χ1) is 22.9. The van der Waals surface area contributed by atoms with Crippen LogP contribution in [0.4, 0.5) is 21.2 Å². The molecule has 1 N–H and O–H groups in total. The van der Waals surface area contributed by atoms with Crippen molar-refractivity contribution in [1.82, 2.24) is 4.90 Å². The standard InChI is InChI=1S/C35H45FN4O7Si/c1-23-33(48(2,3)36)30(20-32(43)38-17-9-12-27(38)22-41)47-35(23)28-19-26(40(45)46)14-15-29(28)39(34(35)44)21-24-10-8-11-25(18-24)37-16-7-5-4-6-13-31(37)42/h8,10-11,14-15,18-19,23,27,30,33,41H,4-7,9,12-13,16-17,20-22H2,1-3H3/t23-,27+,30+,33-,35+/m1/s1. The molecule has 0 aromatic heterocycles. The molecule has 2 aromatic carbocycles. The molecular weight excluding hydrogens is 635 g/mol. The normalized spacial score (nSPS) is 27.8. The molecule has 6 rings (SSSR count). The molecule has 3 fully saturated rings. The van der Waals surface area contributed by atoms with Crippen LogP contribution >= 0.6 is 0 Å². The summed E-state index contributed by atoms with van der Waals surface area (Å²) in [5, 5.41) is 21.8. The highest BCUT2D eigenvalue weighted by Gasteiger charge is 2.67. The molecular formula is C35H45FN4O7Si. The second kappa shape index (κ2) is 13.3. The number of amides is 3. The SMILES string of the molecule is C[C@@H]1[C@@H]([Si](C)(C)F)[C@H](CC(=O)N2CCC[C@H]2CO)O[C@@]12C(=O)N(Cc1cccc(N3CCCCCCC3=O)c1)c1ccc([N+](=O)[O-])cc12. The average molecular weight is 681 g/mol. The van der Waals surface area contributed by atoms with Crippen LogP contribution in [-0.4, -0.2) is 72.9 Å². The molecule has 2 aromatic rings. The summed E-state index contributed by atoms with van der Waals surface area (Å²) < 4.78 is 23.0. The Kier molecular flexibility index (Phi) is 9.49. The van der Waals surface area contributed by atoms with Gasteiger partial charge < -0.3 is 28.7 Å². The van der Waals surface area contributed by atoms with E-state index in [0.29, 0.717) is 37.2 Å². The van der Waals surface area contributed by atoms with Crippen LogP contribution in [0.1, 0.15) is 69.4 Å². The molecule has 0 aliphatic carbocycles. The van der Waals surface area contributed by atoms with Crippen molar-refractivity contribution in [3.05, 3.63) is 63.7 Å². The topological polar surface area (TPSA) is 134 Å². The summed E-state index contributed by atoms with van der Waals surface area (Å²) in [5.41, 5.74) is -0.449. The van der Waals surface area contributed by atoms with Crippen molar-refractivity contribution in [2.75, 3.05) is 29.5 Å². The third kappa shape index (κ3) is 6.04. The quantitative estimate of drug-likeness (QED) is 0.166. The van der Waals surface area contributed by atoms with Gasteiger partial charge in [0.25, 0.3) is 11.6 Å². The number of hydrogen-bond donors (Lipinski definition) is 1. The van der Waals surface area contributed by atoms with Crippen LogP contribution in [0.15, 0.2) is 42.5 Å². The molecule has 4 heterocycles. The Labute approximate surface area is 281 Å². The molecule has 4 aliphatic heterocycles. The Balaban J connectivity index is 1.37. The number of nitro groups is 1. The number of carbonyl (C=O) groups excluding carboxylic acids is 3. The molecule has 3 saturated heterocycles. The number of non-ortho nitro benzene ring substituents is 1. The van der Waals surface area contributed by atoms with Gasteiger partial charge in [-0.2, -0.15) is 0 Å². The number of ether oxygens (including phenoxy) is 1. The van der Waals surface area contributed by atoms with Crippen LogP contribution in [0.5, 0.6) is 0 Å². The fraction of sp³-hybridized carbons (Fsp3) is 0.571. The number of likely N-dealkylation sites (tertiary alicyclic amines) is 1. The van der Waals surface area contributed by atoms with E-state index in [-0.39, 0.29) is 43.1 Å². The first kappa shape index (κ1) is 34.2. The van der Waals surface area contributed by atoms with E-state index in [1.807, 2.05) is 24.3 Å². The Morgan fingerprint density at radius 1 is 1.10 bits per heavy atom. The maximum Gasteiger partial charge on any atom is 0.269 e. The van der Waals surface area contributed by atoms with Gasteiger partial charge in [0, 0.05) is 54.4 Å². The number of aliphatic hydroxyl groups excluding tert-OH is 1. The summed E-state index contributed by atoms with van der Waals surface area (Å²) >= 11 is 0. The predicted octanol–water partition coefficient (Wildman–Crippen LogP) is 5.59. The van der Waals surface area contributed by atoms with Crippen molar-refractivity contribution in [2.45, 2.75) is 101 Å². The van der Waals surface area contributed by atoms with Crippen molar-refractivity contribution in [3.8, 4) is 0 Å². The van der Waals surface area contributed by atoms with Crippen LogP contribution < -0.4 is 9.80 Å². The molecule has 258 valence electrons. The zero-order valence-corrected chi connectivity index (χ0v) is 28.9. The molecule has 3 amide bonds. The molecule has 0 bridgehead atoms. The number of anilines is 2. The number of nitro benzene ring substituents is 1. The lowest BCUT2D eigenvalue weighted by molar-refractivity contribution is -0.385. The maximum absolute atomic E-state index is 16.3. The Morgan fingerprint density at radius 3 is 2.60 bits per heavy atom. The number of carbonyl (C=O) groups is 3. The van der Waals surface area contributed by atoms with Crippen molar-refractivity contribution < 1.29 is 33.3 Å². The zero-order chi connectivity index (χ0) is 34.4. The van der Waals surface area contributed by atoms with E-state index in [1.54, 1.807) is 40.8 Å². The number of nitrogens with zero attached hydrogens (tertiary/aromatic N) is 4. The average Bonchev–Trinajstić information content (AvgIpc) is 3.69. The van der Waals surface area contributed by atoms with Crippen LogP contribution in [0.25, 0.3) is 0 Å². The lowest BCUT2D eigenvalue weighted by Crippen LogP contribution is -2.45. The fourth-order valence-electron chi connectivity index (χ4n) is 8.59. The number of fused-ring (bicyclic) bond motifs is 2. The minimum Gasteiger partial charge on any atom is -0.394 e. The molecule has 0 unspecified atom stereocenters. The van der Waals surface area contributed by atoms with Crippen LogP contribution in [-0.2, 0) is 31.3 Å². The number of rotatable bonds is 8. The van der Waals surface area contributed by atoms with Crippen LogP contribution in [0.3, 0.4) is 0 Å². The summed E-state index contributed by atoms with van der Waals surface area (Å²) in [6.07, 6.45) is 4.68. The van der Waals surface area contributed by atoms with Gasteiger partial charge in [-0.05, 0) is 62.5 Å². The zero-order valence-electron chi connectivity index (χ0n) is 27.9. The third-order valence-electron chi connectivity index (χ3n) is 10.8. The van der Waals surface area contributed by atoms with Crippen LogP contribution in [0, 0.1) is 16.0 Å². The van der Waals surface area contributed by atoms with Gasteiger partial charge in [0.1, 0.15) is 0 Å². The first-order valence-electron chi connectivity index (χ1n) is 17.1. The smallest absolute Gasteiger partial charge is 0.269 e. The van der Waals surface area contributed by atoms with E-state index in [9.17, 15) is 29.6 Å². The lowest BCUT2D eigenvalue weighted by atomic mass is 9.82. The van der Waals surface area contributed by atoms with Crippen molar-refractivity contribution in [2.24, 2.45) is 5.92 Å². The number of hydrogen-bond acceptors (Lipinski definition) is 7. The molecule has 1 spiro atoms. The summed E-state index contributed by atoms with van der Waals surface area (Å²) in [4.78, 5) is 57.7. The van der Waals surface area contributed by atoms with Gasteiger partial charge in [-0.3, -0.25) is 24.5 Å². The van der Waals surface area contributed by atoms with Crippen LogP contribution in [0.2, 0.25) is 18.6 Å². The summed E-state index contributed by atoms with van der Waals surface area (Å²) in [7, 11) is -3.59. The van der Waals surface area contributed by atoms with E-state index in [1.165, 1.54) is 12.1 Å². The van der Waals surface area contributed by atoms with E-state index >= 15 is 4.11 Å². The van der Waals surface area contributed by atoms with Gasteiger partial charge in [-0.1, -0.05) is 31.9 Å². The molecule has 0 radical (unpaired) electrons. The summed E-state index contributed by atoms with van der Waals surface area (Å²) in [6, 6.07) is 11.5. The van der Waals surface area contributed by atoms with Gasteiger partial charge in [-0.15, -0.1) is 0 Å². The Morgan fingerprint density at radius 2 is 1.88 bits per heavy atom. The van der Waals surface area contributed by atoms with Gasteiger partial charge >= 0.3 is 0 Å². The van der Waals surface area contributed by atoms with E-state index in [2.05, 4.69) is 0 Å². The minimum absolute atomic E-state index is 0.0674. The second-order valence-electron chi connectivity index (χ2n) is 14.3. The number of benzene rings is 2. The van der Waals surface area contributed by atoms with Crippen molar-refractivity contribution >= 4 is 43.2 Å². The first-order valence-corrected chi connectivity index (χ1v) is 20.1. The highest BCUT2D eigenvalue weighted by atomic mass is 28.4. The molecule has 11 nitrogen and oxygen atoms in total. The summed E-state index contributed by atoms with van der Waals surface area (Å²) in [5.74, 6) is -1.37. The van der Waals surface area contributed by atoms with Gasteiger partial charge in [-0.25, -0.2) is 0 Å². The van der Waals surface area contributed by atoms with E-state index in [4.69, 9.17) is 4.74 Å². The van der Waals surface area contributed by atoms with Crippen molar-refractivity contribution in [3.63, 3.8) is 0 Å². The molecule has 5 atom stereocenters.